The predicted octanol–water partition coefficient (Wildman–Crippen LogP) is 3.37. The summed E-state index contributed by atoms with van der Waals surface area (Å²) < 4.78 is 13.6. The van der Waals surface area contributed by atoms with Gasteiger partial charge in [-0.2, -0.15) is 5.10 Å². The highest BCUT2D eigenvalue weighted by Gasteiger charge is 2.15. The smallest absolute Gasteiger partial charge is 0.222 e. The number of nitrogens with one attached hydrogen (secondary N) is 1. The Morgan fingerprint density at radius 1 is 1.32 bits per heavy atom. The van der Waals surface area contributed by atoms with Gasteiger partial charge in [-0.05, 0) is 29.7 Å². The normalized spacial score (nSPS) is 11.1. The summed E-state index contributed by atoms with van der Waals surface area (Å²) in [6, 6.07) is 4.83. The van der Waals surface area contributed by atoms with E-state index >= 15 is 0 Å². The molecule has 0 aliphatic heterocycles. The van der Waals surface area contributed by atoms with E-state index in [1.165, 1.54) is 6.07 Å². The molecule has 0 aliphatic rings. The van der Waals surface area contributed by atoms with Gasteiger partial charge in [0.25, 0.3) is 0 Å². The van der Waals surface area contributed by atoms with Crippen LogP contribution in [0.2, 0.25) is 5.28 Å². The van der Waals surface area contributed by atoms with Gasteiger partial charge >= 0.3 is 0 Å². The van der Waals surface area contributed by atoms with Gasteiger partial charge in [0.1, 0.15) is 17.0 Å². The molecule has 6 heteroatoms. The van der Waals surface area contributed by atoms with E-state index in [2.05, 4.69) is 20.2 Å². The average Bonchev–Trinajstić information content (AvgIpc) is 2.84. The zero-order valence-electron chi connectivity index (χ0n) is 10.1. The quantitative estimate of drug-likeness (QED) is 0.730. The molecular formula is C13H10ClFN4. The van der Waals surface area contributed by atoms with Crippen LogP contribution in [-0.4, -0.2) is 20.2 Å². The van der Waals surface area contributed by atoms with Gasteiger partial charge in [-0.25, -0.2) is 14.4 Å². The number of halogens is 2. The fourth-order valence-corrected chi connectivity index (χ4v) is 2.17. The van der Waals surface area contributed by atoms with Crippen LogP contribution in [0.25, 0.3) is 22.3 Å². The van der Waals surface area contributed by atoms with Gasteiger partial charge in [-0.3, -0.25) is 5.10 Å². The number of benzene rings is 1. The van der Waals surface area contributed by atoms with Crippen molar-refractivity contribution >= 4 is 22.5 Å². The number of hydrogen-bond donors (Lipinski definition) is 1. The zero-order chi connectivity index (χ0) is 13.4. The maximum absolute atomic E-state index is 13.6. The maximum Gasteiger partial charge on any atom is 0.222 e. The van der Waals surface area contributed by atoms with Gasteiger partial charge in [0.05, 0.1) is 5.69 Å². The fourth-order valence-electron chi connectivity index (χ4n) is 2.04. The van der Waals surface area contributed by atoms with Gasteiger partial charge in [-0.1, -0.05) is 19.1 Å². The maximum atomic E-state index is 13.6. The molecule has 3 aromatic rings. The van der Waals surface area contributed by atoms with Crippen LogP contribution >= 0.6 is 11.6 Å². The molecule has 0 atom stereocenters. The van der Waals surface area contributed by atoms with Crippen LogP contribution in [0.4, 0.5) is 4.39 Å². The Hall–Kier alpha value is -2.01. The second-order valence-electron chi connectivity index (χ2n) is 4.10. The molecule has 2 aromatic heterocycles. The molecule has 0 unspecified atom stereocenters. The zero-order valence-corrected chi connectivity index (χ0v) is 10.9. The molecule has 0 bridgehead atoms. The minimum atomic E-state index is -0.338. The lowest BCUT2D eigenvalue weighted by Crippen LogP contribution is -1.95. The summed E-state index contributed by atoms with van der Waals surface area (Å²) in [7, 11) is 0. The Labute approximate surface area is 113 Å². The first-order chi connectivity index (χ1) is 9.20. The van der Waals surface area contributed by atoms with Gasteiger partial charge in [0, 0.05) is 11.6 Å². The third-order valence-electron chi connectivity index (χ3n) is 2.99. The number of hydrogen-bond acceptors (Lipinski definition) is 3. The Bertz CT molecular complexity index is 753. The van der Waals surface area contributed by atoms with Crippen molar-refractivity contribution < 1.29 is 4.39 Å². The summed E-state index contributed by atoms with van der Waals surface area (Å²) in [5, 5.41) is 7.70. The van der Waals surface area contributed by atoms with Crippen molar-refractivity contribution in [3.63, 3.8) is 0 Å². The second kappa shape index (κ2) is 4.59. The summed E-state index contributed by atoms with van der Waals surface area (Å²) in [4.78, 5) is 8.18. The Balaban J connectivity index is 2.30. The molecule has 4 nitrogen and oxygen atoms in total. The average molecular weight is 277 g/mol. The van der Waals surface area contributed by atoms with Crippen LogP contribution in [-0.2, 0) is 6.42 Å². The van der Waals surface area contributed by atoms with E-state index in [1.807, 2.05) is 6.92 Å². The van der Waals surface area contributed by atoms with Crippen molar-refractivity contribution in [1.29, 1.82) is 0 Å². The monoisotopic (exact) mass is 276 g/mol. The number of aryl methyl sites for hydroxylation is 1. The van der Waals surface area contributed by atoms with Gasteiger partial charge < -0.3 is 0 Å². The van der Waals surface area contributed by atoms with Crippen molar-refractivity contribution in [1.82, 2.24) is 20.2 Å². The molecule has 1 N–H and O–H groups in total. The molecule has 96 valence electrons. The van der Waals surface area contributed by atoms with Crippen LogP contribution in [0.15, 0.2) is 24.4 Å². The molecule has 19 heavy (non-hydrogen) atoms. The summed E-state index contributed by atoms with van der Waals surface area (Å²) in [6.07, 6.45) is 2.42. The van der Waals surface area contributed by atoms with E-state index in [0.717, 1.165) is 12.0 Å². The fraction of sp³-hybridized carbons (Fsp3) is 0.154. The van der Waals surface area contributed by atoms with Crippen molar-refractivity contribution in [2.24, 2.45) is 0 Å². The molecule has 1 aromatic carbocycles. The first kappa shape index (κ1) is 12.0. The van der Waals surface area contributed by atoms with Crippen LogP contribution in [0, 0.1) is 5.82 Å². The van der Waals surface area contributed by atoms with Crippen LogP contribution in [0.5, 0.6) is 0 Å². The minimum absolute atomic E-state index is 0.153. The molecule has 2 heterocycles. The van der Waals surface area contributed by atoms with Crippen molar-refractivity contribution in [2.45, 2.75) is 13.3 Å². The summed E-state index contributed by atoms with van der Waals surface area (Å²) in [5.74, 6) is -0.338. The van der Waals surface area contributed by atoms with Crippen molar-refractivity contribution in [2.75, 3.05) is 0 Å². The van der Waals surface area contributed by atoms with Crippen LogP contribution in [0.3, 0.4) is 0 Å². The molecule has 0 spiro atoms. The molecule has 0 aliphatic carbocycles. The number of aromatic nitrogens is 4. The third kappa shape index (κ3) is 1.96. The van der Waals surface area contributed by atoms with E-state index in [4.69, 9.17) is 11.6 Å². The SMILES string of the molecule is CCc1cnc(Cl)nc1-c1n[nH]c2c(F)cccc12. The Morgan fingerprint density at radius 2 is 2.16 bits per heavy atom. The summed E-state index contributed by atoms with van der Waals surface area (Å²) in [5.41, 5.74) is 2.52. The topological polar surface area (TPSA) is 54.5 Å². The number of rotatable bonds is 2. The minimum Gasteiger partial charge on any atom is -0.274 e. The van der Waals surface area contributed by atoms with Gasteiger partial charge in [-0.15, -0.1) is 0 Å². The Morgan fingerprint density at radius 3 is 2.95 bits per heavy atom. The van der Waals surface area contributed by atoms with E-state index in [9.17, 15) is 4.39 Å². The van der Waals surface area contributed by atoms with E-state index in [-0.39, 0.29) is 11.1 Å². The first-order valence-corrected chi connectivity index (χ1v) is 6.23. The van der Waals surface area contributed by atoms with Crippen molar-refractivity contribution in [3.05, 3.63) is 41.1 Å². The standard InChI is InChI=1S/C13H10ClFN4/c1-2-7-6-16-13(14)17-10(7)12-8-4-3-5-9(15)11(8)18-19-12/h3-6H,2H2,1H3,(H,18,19). The third-order valence-corrected chi connectivity index (χ3v) is 3.17. The van der Waals surface area contributed by atoms with E-state index in [0.29, 0.717) is 22.3 Å². The number of nitrogens with zero attached hydrogens (tertiary/aromatic N) is 3. The second-order valence-corrected chi connectivity index (χ2v) is 4.44. The van der Waals surface area contributed by atoms with Crippen LogP contribution in [0.1, 0.15) is 12.5 Å². The van der Waals surface area contributed by atoms with E-state index in [1.54, 1.807) is 18.3 Å². The lowest BCUT2D eigenvalue weighted by Gasteiger charge is -2.04. The summed E-state index contributed by atoms with van der Waals surface area (Å²) in [6.45, 7) is 1.99. The lowest BCUT2D eigenvalue weighted by molar-refractivity contribution is 0.636. The Kier molecular flexibility index (Phi) is 2.91. The molecule has 0 saturated heterocycles. The molecule has 0 radical (unpaired) electrons. The van der Waals surface area contributed by atoms with Gasteiger partial charge in [0.2, 0.25) is 5.28 Å². The summed E-state index contributed by atoms with van der Waals surface area (Å²) >= 11 is 5.84. The molecule has 0 amide bonds. The number of para-hydroxylation sites is 1. The number of H-pyrrole nitrogens is 1. The predicted molar refractivity (Wildman–Crippen MR) is 71.5 cm³/mol. The number of fused-ring (bicyclic) bond motifs is 1. The molecule has 0 saturated carbocycles. The lowest BCUT2D eigenvalue weighted by atomic mass is 10.1. The highest BCUT2D eigenvalue weighted by Crippen LogP contribution is 2.29. The largest absolute Gasteiger partial charge is 0.274 e. The highest BCUT2D eigenvalue weighted by atomic mass is 35.5. The molecule has 0 fully saturated rings. The first-order valence-electron chi connectivity index (χ1n) is 5.85. The van der Waals surface area contributed by atoms with Crippen LogP contribution < -0.4 is 0 Å². The molecular weight excluding hydrogens is 267 g/mol. The van der Waals surface area contributed by atoms with Gasteiger partial charge in [0.15, 0.2) is 0 Å². The van der Waals surface area contributed by atoms with E-state index < -0.39 is 0 Å². The molecule has 3 rings (SSSR count). The number of aromatic amines is 1. The van der Waals surface area contributed by atoms with Crippen molar-refractivity contribution in [3.8, 4) is 11.4 Å². The highest BCUT2D eigenvalue weighted by molar-refractivity contribution is 6.28.